The van der Waals surface area contributed by atoms with Gasteiger partial charge in [0, 0.05) is 18.9 Å². The molecule has 1 atom stereocenters. The average molecular weight is 248 g/mol. The van der Waals surface area contributed by atoms with E-state index in [2.05, 4.69) is 26.1 Å². The van der Waals surface area contributed by atoms with Crippen LogP contribution < -0.4 is 5.32 Å². The molecular weight excluding hydrogens is 224 g/mol. The summed E-state index contributed by atoms with van der Waals surface area (Å²) in [6.45, 7) is 7.39. The minimum atomic E-state index is -0.0667. The Balaban J connectivity index is 1.91. The summed E-state index contributed by atoms with van der Waals surface area (Å²) in [4.78, 5) is 12.2. The molecular formula is C15H24N2O. The molecule has 1 amide bonds. The molecule has 3 nitrogen and oxygen atoms in total. The molecule has 1 aliphatic carbocycles. The molecule has 0 aromatic carbocycles. The molecule has 0 unspecified atom stereocenters. The second-order valence-electron chi connectivity index (χ2n) is 5.79. The van der Waals surface area contributed by atoms with Crippen molar-refractivity contribution in [2.24, 2.45) is 11.3 Å². The minimum Gasteiger partial charge on any atom is -0.354 e. The van der Waals surface area contributed by atoms with E-state index in [0.29, 0.717) is 11.3 Å². The van der Waals surface area contributed by atoms with E-state index in [1.54, 1.807) is 0 Å². The quantitative estimate of drug-likeness (QED) is 0.825. The Labute approximate surface area is 110 Å². The zero-order valence-electron chi connectivity index (χ0n) is 11.6. The van der Waals surface area contributed by atoms with Gasteiger partial charge in [-0.15, -0.1) is 0 Å². The maximum Gasteiger partial charge on any atom is 0.243 e. The molecule has 0 aliphatic heterocycles. The molecule has 1 saturated carbocycles. The zero-order chi connectivity index (χ0) is 13.2. The number of hydrogen-bond acceptors (Lipinski definition) is 1. The largest absolute Gasteiger partial charge is 0.354 e. The summed E-state index contributed by atoms with van der Waals surface area (Å²) in [6.07, 6.45) is 7.26. The SMILES string of the molecule is CC[C@@H](C(=O)NCC1(C(C)C)CC1)n1cccc1. The lowest BCUT2D eigenvalue weighted by Gasteiger charge is -2.23. The van der Waals surface area contributed by atoms with Crippen molar-refractivity contribution < 1.29 is 4.79 Å². The fourth-order valence-electron chi connectivity index (χ4n) is 2.59. The van der Waals surface area contributed by atoms with Crippen LogP contribution in [0.5, 0.6) is 0 Å². The third kappa shape index (κ3) is 2.60. The molecule has 1 aromatic rings. The van der Waals surface area contributed by atoms with Gasteiger partial charge in [-0.05, 0) is 42.7 Å². The maximum atomic E-state index is 12.2. The van der Waals surface area contributed by atoms with Gasteiger partial charge in [0.15, 0.2) is 0 Å². The first kappa shape index (κ1) is 13.2. The third-order valence-corrected chi connectivity index (χ3v) is 4.41. The van der Waals surface area contributed by atoms with Crippen LogP contribution in [-0.2, 0) is 4.79 Å². The molecule has 1 aromatic heterocycles. The van der Waals surface area contributed by atoms with Crippen LogP contribution in [0.2, 0.25) is 0 Å². The number of aromatic nitrogens is 1. The van der Waals surface area contributed by atoms with Gasteiger partial charge >= 0.3 is 0 Å². The standard InChI is InChI=1S/C15H24N2O/c1-4-13(17-9-5-6-10-17)14(18)16-11-15(7-8-15)12(2)3/h5-6,9-10,12-13H,4,7-8,11H2,1-3H3,(H,16,18)/t13-/m0/s1. The number of carbonyl (C=O) groups excluding carboxylic acids is 1. The molecule has 1 aliphatic rings. The van der Waals surface area contributed by atoms with Crippen molar-refractivity contribution in [3.8, 4) is 0 Å². The van der Waals surface area contributed by atoms with Crippen LogP contribution in [-0.4, -0.2) is 17.0 Å². The van der Waals surface area contributed by atoms with Crippen LogP contribution in [0.4, 0.5) is 0 Å². The van der Waals surface area contributed by atoms with Crippen molar-refractivity contribution in [1.29, 1.82) is 0 Å². The lowest BCUT2D eigenvalue weighted by molar-refractivity contribution is -0.124. The maximum absolute atomic E-state index is 12.2. The smallest absolute Gasteiger partial charge is 0.243 e. The summed E-state index contributed by atoms with van der Waals surface area (Å²) in [5, 5.41) is 3.15. The van der Waals surface area contributed by atoms with Crippen molar-refractivity contribution in [2.45, 2.75) is 46.1 Å². The number of nitrogens with one attached hydrogen (secondary N) is 1. The van der Waals surface area contributed by atoms with Crippen molar-refractivity contribution in [2.75, 3.05) is 6.54 Å². The highest BCUT2D eigenvalue weighted by atomic mass is 16.2. The van der Waals surface area contributed by atoms with Gasteiger partial charge in [0.05, 0.1) is 0 Å². The van der Waals surface area contributed by atoms with Gasteiger partial charge in [-0.25, -0.2) is 0 Å². The van der Waals surface area contributed by atoms with Crippen LogP contribution in [0, 0.1) is 11.3 Å². The molecule has 2 rings (SSSR count). The zero-order valence-corrected chi connectivity index (χ0v) is 11.6. The summed E-state index contributed by atoms with van der Waals surface area (Å²) in [7, 11) is 0. The normalized spacial score (nSPS) is 18.7. The van der Waals surface area contributed by atoms with Gasteiger partial charge in [-0.2, -0.15) is 0 Å². The molecule has 3 heteroatoms. The highest BCUT2D eigenvalue weighted by molar-refractivity contribution is 5.80. The van der Waals surface area contributed by atoms with Crippen LogP contribution in [0.3, 0.4) is 0 Å². The summed E-state index contributed by atoms with van der Waals surface area (Å²) < 4.78 is 1.99. The van der Waals surface area contributed by atoms with Gasteiger partial charge in [0.25, 0.3) is 0 Å². The predicted octanol–water partition coefficient (Wildman–Crippen LogP) is 2.99. The summed E-state index contributed by atoms with van der Waals surface area (Å²) in [5.41, 5.74) is 0.380. The Bertz CT molecular complexity index is 391. The Kier molecular flexibility index (Phi) is 3.79. The summed E-state index contributed by atoms with van der Waals surface area (Å²) in [5.74, 6) is 0.810. The van der Waals surface area contributed by atoms with E-state index < -0.39 is 0 Å². The van der Waals surface area contributed by atoms with E-state index in [4.69, 9.17) is 0 Å². The van der Waals surface area contributed by atoms with E-state index in [1.807, 2.05) is 29.1 Å². The second-order valence-corrected chi connectivity index (χ2v) is 5.79. The first-order chi connectivity index (χ1) is 8.59. The number of nitrogens with zero attached hydrogens (tertiary/aromatic N) is 1. The topological polar surface area (TPSA) is 34.0 Å². The Morgan fingerprint density at radius 3 is 2.39 bits per heavy atom. The molecule has 1 heterocycles. The molecule has 100 valence electrons. The predicted molar refractivity (Wildman–Crippen MR) is 73.3 cm³/mol. The van der Waals surface area contributed by atoms with Crippen molar-refractivity contribution in [3.05, 3.63) is 24.5 Å². The Morgan fingerprint density at radius 2 is 1.94 bits per heavy atom. The molecule has 1 fully saturated rings. The summed E-state index contributed by atoms with van der Waals surface area (Å²) in [6, 6.07) is 3.86. The number of rotatable bonds is 6. The van der Waals surface area contributed by atoms with Crippen molar-refractivity contribution in [1.82, 2.24) is 9.88 Å². The first-order valence-electron chi connectivity index (χ1n) is 6.99. The van der Waals surface area contributed by atoms with Crippen molar-refractivity contribution in [3.63, 3.8) is 0 Å². The van der Waals surface area contributed by atoms with Gasteiger partial charge in [-0.1, -0.05) is 20.8 Å². The van der Waals surface area contributed by atoms with Crippen molar-refractivity contribution >= 4 is 5.91 Å². The van der Waals surface area contributed by atoms with E-state index >= 15 is 0 Å². The molecule has 0 spiro atoms. The van der Waals surface area contributed by atoms with E-state index in [-0.39, 0.29) is 11.9 Å². The second kappa shape index (κ2) is 5.17. The molecule has 0 bridgehead atoms. The number of hydrogen-bond donors (Lipinski definition) is 1. The van der Waals surface area contributed by atoms with E-state index in [9.17, 15) is 4.79 Å². The van der Waals surface area contributed by atoms with E-state index in [1.165, 1.54) is 12.8 Å². The Hall–Kier alpha value is -1.25. The monoisotopic (exact) mass is 248 g/mol. The molecule has 18 heavy (non-hydrogen) atoms. The highest BCUT2D eigenvalue weighted by Crippen LogP contribution is 2.51. The molecule has 1 N–H and O–H groups in total. The lowest BCUT2D eigenvalue weighted by atomic mass is 9.92. The van der Waals surface area contributed by atoms with Gasteiger partial charge in [0.1, 0.15) is 6.04 Å². The fraction of sp³-hybridized carbons (Fsp3) is 0.667. The minimum absolute atomic E-state index is 0.0667. The van der Waals surface area contributed by atoms with Gasteiger partial charge < -0.3 is 9.88 Å². The molecule has 0 saturated heterocycles. The fourth-order valence-corrected chi connectivity index (χ4v) is 2.59. The van der Waals surface area contributed by atoms with Gasteiger partial charge in [-0.3, -0.25) is 4.79 Å². The van der Waals surface area contributed by atoms with Crippen LogP contribution in [0.1, 0.15) is 46.1 Å². The van der Waals surface area contributed by atoms with Gasteiger partial charge in [0.2, 0.25) is 5.91 Å². The van der Waals surface area contributed by atoms with Crippen LogP contribution >= 0.6 is 0 Å². The van der Waals surface area contributed by atoms with E-state index in [0.717, 1.165) is 13.0 Å². The third-order valence-electron chi connectivity index (χ3n) is 4.41. The van der Waals surface area contributed by atoms with Crippen LogP contribution in [0.15, 0.2) is 24.5 Å². The summed E-state index contributed by atoms with van der Waals surface area (Å²) >= 11 is 0. The number of amides is 1. The molecule has 0 radical (unpaired) electrons. The average Bonchev–Trinajstić information content (AvgIpc) is 2.97. The van der Waals surface area contributed by atoms with Crippen LogP contribution in [0.25, 0.3) is 0 Å². The first-order valence-corrected chi connectivity index (χ1v) is 6.99. The number of carbonyl (C=O) groups is 1. The highest BCUT2D eigenvalue weighted by Gasteiger charge is 2.45. The lowest BCUT2D eigenvalue weighted by Crippen LogP contribution is -2.37. The Morgan fingerprint density at radius 1 is 1.33 bits per heavy atom.